The number of benzene rings is 2. The molecule has 1 aliphatic rings. The number of fused-ring (bicyclic) bond motifs is 2. The molecule has 0 radical (unpaired) electrons. The van der Waals surface area contributed by atoms with Crippen molar-refractivity contribution in [3.05, 3.63) is 53.3 Å². The summed E-state index contributed by atoms with van der Waals surface area (Å²) in [6, 6.07) is 9.58. The molecule has 0 fully saturated rings. The van der Waals surface area contributed by atoms with Gasteiger partial charge in [-0.3, -0.25) is 9.14 Å². The molecule has 10 heteroatoms. The van der Waals surface area contributed by atoms with Gasteiger partial charge in [0.05, 0.1) is 37.8 Å². The number of anilines is 1. The highest BCUT2D eigenvalue weighted by Crippen LogP contribution is 2.42. The summed E-state index contributed by atoms with van der Waals surface area (Å²) in [6.45, 7) is 2.45. The van der Waals surface area contributed by atoms with Crippen LogP contribution in [-0.4, -0.2) is 48.1 Å². The summed E-state index contributed by atoms with van der Waals surface area (Å²) in [7, 11) is -0.395. The third kappa shape index (κ3) is 4.75. The molecule has 0 bridgehead atoms. The Kier molecular flexibility index (Phi) is 6.73. The number of rotatable bonds is 7. The fourth-order valence-electron chi connectivity index (χ4n) is 4.14. The second kappa shape index (κ2) is 9.40. The second-order valence-corrected chi connectivity index (χ2v) is 9.87. The number of halogens is 1. The van der Waals surface area contributed by atoms with Crippen molar-refractivity contribution < 1.29 is 31.5 Å². The second-order valence-electron chi connectivity index (χ2n) is 7.97. The number of hydrogen-bond acceptors (Lipinski definition) is 7. The van der Waals surface area contributed by atoms with E-state index in [9.17, 15) is 12.8 Å². The lowest BCUT2D eigenvalue weighted by Gasteiger charge is -2.24. The molecule has 0 amide bonds. The number of ether oxygens (including phenoxy) is 2. The Morgan fingerprint density at radius 3 is 2.61 bits per heavy atom. The van der Waals surface area contributed by atoms with Crippen LogP contribution in [-0.2, 0) is 30.9 Å². The van der Waals surface area contributed by atoms with Crippen LogP contribution >= 0.6 is 0 Å². The molecular weight excluding hydrogens is 451 g/mol. The number of nitrogens with zero attached hydrogens (tertiary/aromatic N) is 1. The van der Waals surface area contributed by atoms with Crippen LogP contribution in [0.3, 0.4) is 0 Å². The monoisotopic (exact) mass is 478 g/mol. The highest BCUT2D eigenvalue weighted by atomic mass is 32.2. The predicted octanol–water partition coefficient (Wildman–Crippen LogP) is 3.76. The molecule has 3 aromatic rings. The van der Waals surface area contributed by atoms with Gasteiger partial charge in [-0.2, -0.15) is 0 Å². The van der Waals surface area contributed by atoms with E-state index in [0.717, 1.165) is 10.9 Å². The van der Waals surface area contributed by atoms with Gasteiger partial charge in [-0.25, -0.2) is 18.3 Å². The van der Waals surface area contributed by atoms with Crippen LogP contribution in [0, 0.1) is 5.82 Å². The maximum absolute atomic E-state index is 13.5. The van der Waals surface area contributed by atoms with Gasteiger partial charge in [-0.05, 0) is 37.3 Å². The van der Waals surface area contributed by atoms with Crippen LogP contribution in [0.15, 0.2) is 40.8 Å². The van der Waals surface area contributed by atoms with E-state index in [-0.39, 0.29) is 25.6 Å². The first-order chi connectivity index (χ1) is 15.7. The Bertz CT molecular complexity index is 1240. The molecule has 33 heavy (non-hydrogen) atoms. The molecule has 0 saturated heterocycles. The lowest BCUT2D eigenvalue weighted by molar-refractivity contribution is -0.0331. The van der Waals surface area contributed by atoms with Gasteiger partial charge in [0.2, 0.25) is 10.0 Å². The molecule has 4 rings (SSSR count). The topological polar surface area (TPSA) is 90.2 Å². The maximum atomic E-state index is 13.5. The smallest absolute Gasteiger partial charge is 0.232 e. The van der Waals surface area contributed by atoms with E-state index in [1.54, 1.807) is 32.4 Å². The van der Waals surface area contributed by atoms with E-state index in [4.69, 9.17) is 18.7 Å². The van der Waals surface area contributed by atoms with Gasteiger partial charge in [0, 0.05) is 42.3 Å². The summed E-state index contributed by atoms with van der Waals surface area (Å²) >= 11 is 0. The number of methoxy groups -OCH3 is 1. The molecule has 0 aliphatic carbocycles. The van der Waals surface area contributed by atoms with Gasteiger partial charge in [0.15, 0.2) is 0 Å². The summed E-state index contributed by atoms with van der Waals surface area (Å²) in [5, 5.41) is 0.761. The van der Waals surface area contributed by atoms with Gasteiger partial charge in [-0.1, -0.05) is 0 Å². The molecule has 1 N–H and O–H groups in total. The zero-order valence-electron chi connectivity index (χ0n) is 18.9. The van der Waals surface area contributed by atoms with Crippen molar-refractivity contribution in [2.24, 2.45) is 0 Å². The lowest BCUT2D eigenvalue weighted by atomic mass is 10.0. The summed E-state index contributed by atoms with van der Waals surface area (Å²) in [5.74, 6) is 0.173. The molecule has 2 aromatic carbocycles. The van der Waals surface area contributed by atoms with Crippen LogP contribution in [0.25, 0.3) is 22.3 Å². The first kappa shape index (κ1) is 23.7. The molecule has 1 aliphatic heterocycles. The maximum Gasteiger partial charge on any atom is 0.232 e. The third-order valence-electron chi connectivity index (χ3n) is 5.63. The van der Waals surface area contributed by atoms with Crippen LogP contribution in [0.2, 0.25) is 0 Å². The van der Waals surface area contributed by atoms with Crippen LogP contribution < -0.4 is 9.79 Å². The van der Waals surface area contributed by atoms with Crippen LogP contribution in [0.5, 0.6) is 0 Å². The highest BCUT2D eigenvalue weighted by molar-refractivity contribution is 7.92. The van der Waals surface area contributed by atoms with Crippen molar-refractivity contribution in [2.75, 3.05) is 37.9 Å². The molecular formula is C23H27FN2O6S. The standard InChI is InChI=1S/C23H27FN2O6S/c1-14-18-9-19-20(13-30-25-2)23(15-5-7-16(24)8-6-15)32-22(19)10-21(18)26(33(4,27)28)11-17(31-14)12-29-3/h5-10,14,17,25H,11-13H2,1-4H3/t14-,17-/m0/s1. The third-order valence-corrected chi connectivity index (χ3v) is 6.78. The fraction of sp³-hybridized carbons (Fsp3) is 0.391. The van der Waals surface area contributed by atoms with Crippen molar-refractivity contribution in [2.45, 2.75) is 25.7 Å². The summed E-state index contributed by atoms with van der Waals surface area (Å²) in [6.07, 6.45) is 0.345. The van der Waals surface area contributed by atoms with Crippen LogP contribution in [0.1, 0.15) is 24.2 Å². The predicted molar refractivity (Wildman–Crippen MR) is 123 cm³/mol. The molecule has 2 atom stereocenters. The first-order valence-corrected chi connectivity index (χ1v) is 12.3. The molecule has 0 unspecified atom stereocenters. The average molecular weight is 479 g/mol. The number of furan rings is 1. The minimum atomic E-state index is -3.60. The Morgan fingerprint density at radius 1 is 1.24 bits per heavy atom. The summed E-state index contributed by atoms with van der Waals surface area (Å²) < 4.78 is 57.8. The first-order valence-electron chi connectivity index (χ1n) is 10.5. The Labute approximate surface area is 192 Å². The van der Waals surface area contributed by atoms with Crippen molar-refractivity contribution in [3.8, 4) is 11.3 Å². The molecule has 1 aromatic heterocycles. The molecule has 0 spiro atoms. The minimum absolute atomic E-state index is 0.122. The Morgan fingerprint density at radius 2 is 1.97 bits per heavy atom. The number of hydroxylamine groups is 1. The highest BCUT2D eigenvalue weighted by Gasteiger charge is 2.33. The van der Waals surface area contributed by atoms with Gasteiger partial charge in [0.25, 0.3) is 0 Å². The minimum Gasteiger partial charge on any atom is -0.456 e. The summed E-state index contributed by atoms with van der Waals surface area (Å²) in [4.78, 5) is 5.45. The van der Waals surface area contributed by atoms with E-state index in [1.807, 2.05) is 13.0 Å². The van der Waals surface area contributed by atoms with Gasteiger partial charge in [-0.15, -0.1) is 0 Å². The van der Waals surface area contributed by atoms with Crippen LogP contribution in [0.4, 0.5) is 10.1 Å². The lowest BCUT2D eigenvalue weighted by Crippen LogP contribution is -2.38. The van der Waals surface area contributed by atoms with E-state index in [2.05, 4.69) is 5.48 Å². The van der Waals surface area contributed by atoms with Crippen molar-refractivity contribution >= 4 is 26.7 Å². The van der Waals surface area contributed by atoms with Crippen molar-refractivity contribution in [1.29, 1.82) is 0 Å². The largest absolute Gasteiger partial charge is 0.456 e. The van der Waals surface area contributed by atoms with Gasteiger partial charge >= 0.3 is 0 Å². The van der Waals surface area contributed by atoms with E-state index in [1.165, 1.54) is 22.7 Å². The van der Waals surface area contributed by atoms with Gasteiger partial charge in [0.1, 0.15) is 23.3 Å². The average Bonchev–Trinajstić information content (AvgIpc) is 3.04. The van der Waals surface area contributed by atoms with E-state index < -0.39 is 22.2 Å². The van der Waals surface area contributed by atoms with Gasteiger partial charge < -0.3 is 13.9 Å². The van der Waals surface area contributed by atoms with E-state index >= 15 is 0 Å². The Balaban J connectivity index is 1.93. The van der Waals surface area contributed by atoms with Crippen molar-refractivity contribution in [1.82, 2.24) is 5.48 Å². The molecule has 178 valence electrons. The SMILES string of the molecule is CNOCc1c(-c2ccc(F)cc2)oc2cc3c(cc12)[C@H](C)O[C@H](COC)CN3S(C)(=O)=O. The zero-order valence-corrected chi connectivity index (χ0v) is 19.7. The fourth-order valence-corrected chi connectivity index (χ4v) is 5.10. The van der Waals surface area contributed by atoms with E-state index in [0.29, 0.717) is 28.2 Å². The zero-order chi connectivity index (χ0) is 23.8. The normalized spacial score (nSPS) is 19.0. The molecule has 2 heterocycles. The molecule has 0 saturated carbocycles. The molecule has 8 nitrogen and oxygen atoms in total. The summed E-state index contributed by atoms with van der Waals surface area (Å²) in [5.41, 5.74) is 5.80. The Hall–Kier alpha value is -2.50. The number of sulfonamides is 1. The quantitative estimate of drug-likeness (QED) is 0.517. The number of nitrogens with one attached hydrogen (secondary N) is 1. The number of hydrogen-bond donors (Lipinski definition) is 1. The van der Waals surface area contributed by atoms with Crippen molar-refractivity contribution in [3.63, 3.8) is 0 Å².